The summed E-state index contributed by atoms with van der Waals surface area (Å²) in [5, 5.41) is 8.48. The summed E-state index contributed by atoms with van der Waals surface area (Å²) < 4.78 is 0.793. The number of alkyl halides is 2. The Labute approximate surface area is 86.4 Å². The lowest BCUT2D eigenvalue weighted by atomic mass is 10.2. The zero-order valence-electron chi connectivity index (χ0n) is 5.67. The fourth-order valence-corrected chi connectivity index (χ4v) is 2.28. The molecule has 0 radical (unpaired) electrons. The Hall–Kier alpha value is 0.740. The lowest BCUT2D eigenvalue weighted by molar-refractivity contribution is -0.138. The van der Waals surface area contributed by atoms with Gasteiger partial charge in [0.15, 0.2) is 0 Å². The highest BCUT2D eigenvalue weighted by atomic mass is 79.9. The predicted molar refractivity (Wildman–Crippen MR) is 54.6 cm³/mol. The summed E-state index contributed by atoms with van der Waals surface area (Å²) in [6.45, 7) is 0. The molecular formula is C5H9Br2NO2S. The topological polar surface area (TPSA) is 63.3 Å². The Morgan fingerprint density at radius 3 is 2.64 bits per heavy atom. The molecule has 0 saturated carbocycles. The number of carboxylic acid groups (broad SMARTS) is 1. The van der Waals surface area contributed by atoms with E-state index < -0.39 is 12.0 Å². The Morgan fingerprint density at radius 2 is 2.27 bits per heavy atom. The SMILES string of the molecule is NC(C(=O)O)C(Br)CSCBr. The number of thioether (sulfide) groups is 1. The first-order chi connectivity index (χ1) is 5.09. The van der Waals surface area contributed by atoms with Crippen LogP contribution < -0.4 is 5.73 Å². The zero-order valence-corrected chi connectivity index (χ0v) is 9.65. The van der Waals surface area contributed by atoms with Crippen LogP contribution in [0.25, 0.3) is 0 Å². The van der Waals surface area contributed by atoms with E-state index >= 15 is 0 Å². The van der Waals surface area contributed by atoms with Gasteiger partial charge in [-0.2, -0.15) is 0 Å². The number of rotatable bonds is 5. The van der Waals surface area contributed by atoms with Gasteiger partial charge >= 0.3 is 5.97 Å². The van der Waals surface area contributed by atoms with Crippen molar-refractivity contribution in [3.63, 3.8) is 0 Å². The molecule has 2 atom stereocenters. The maximum Gasteiger partial charge on any atom is 0.321 e. The lowest BCUT2D eigenvalue weighted by Gasteiger charge is -2.12. The van der Waals surface area contributed by atoms with Gasteiger partial charge in [-0.25, -0.2) is 0 Å². The number of carboxylic acids is 1. The summed E-state index contributed by atoms with van der Waals surface area (Å²) in [6.07, 6.45) is 0. The summed E-state index contributed by atoms with van der Waals surface area (Å²) >= 11 is 8.00. The molecule has 0 aromatic rings. The maximum atomic E-state index is 10.3. The molecule has 0 bridgehead atoms. The molecule has 3 N–H and O–H groups in total. The van der Waals surface area contributed by atoms with Crippen LogP contribution in [0.3, 0.4) is 0 Å². The maximum absolute atomic E-state index is 10.3. The van der Waals surface area contributed by atoms with Crippen LogP contribution >= 0.6 is 43.6 Å². The largest absolute Gasteiger partial charge is 0.480 e. The first kappa shape index (κ1) is 11.7. The van der Waals surface area contributed by atoms with E-state index in [1.807, 2.05) is 0 Å². The Kier molecular flexibility index (Phi) is 6.70. The van der Waals surface area contributed by atoms with Gasteiger partial charge in [-0.15, -0.1) is 11.8 Å². The smallest absolute Gasteiger partial charge is 0.321 e. The monoisotopic (exact) mass is 305 g/mol. The third kappa shape index (κ3) is 5.05. The molecule has 2 unspecified atom stereocenters. The highest BCUT2D eigenvalue weighted by Gasteiger charge is 2.20. The van der Waals surface area contributed by atoms with Gasteiger partial charge in [0, 0.05) is 15.2 Å². The lowest BCUT2D eigenvalue weighted by Crippen LogP contribution is -2.39. The molecule has 0 aromatic carbocycles. The normalized spacial score (nSPS) is 15.9. The summed E-state index contributed by atoms with van der Waals surface area (Å²) in [5.74, 6) is -0.277. The molecule has 0 rings (SSSR count). The van der Waals surface area contributed by atoms with Crippen molar-refractivity contribution in [1.29, 1.82) is 0 Å². The van der Waals surface area contributed by atoms with E-state index in [4.69, 9.17) is 10.8 Å². The molecule has 0 aliphatic rings. The van der Waals surface area contributed by atoms with Crippen LogP contribution in [0.1, 0.15) is 0 Å². The highest BCUT2D eigenvalue weighted by Crippen LogP contribution is 2.14. The minimum absolute atomic E-state index is 0.164. The van der Waals surface area contributed by atoms with Crippen LogP contribution in [-0.4, -0.2) is 32.4 Å². The summed E-state index contributed by atoms with van der Waals surface area (Å²) in [7, 11) is 0. The van der Waals surface area contributed by atoms with Crippen LogP contribution in [0.15, 0.2) is 0 Å². The van der Waals surface area contributed by atoms with Gasteiger partial charge in [0.05, 0.1) is 0 Å². The first-order valence-electron chi connectivity index (χ1n) is 2.85. The van der Waals surface area contributed by atoms with Crippen molar-refractivity contribution in [3.05, 3.63) is 0 Å². The van der Waals surface area contributed by atoms with E-state index in [0.717, 1.165) is 4.66 Å². The van der Waals surface area contributed by atoms with Gasteiger partial charge in [0.25, 0.3) is 0 Å². The second-order valence-electron chi connectivity index (χ2n) is 1.86. The number of nitrogens with two attached hydrogens (primary N) is 1. The van der Waals surface area contributed by atoms with E-state index in [-0.39, 0.29) is 4.83 Å². The van der Waals surface area contributed by atoms with Crippen molar-refractivity contribution >= 4 is 49.6 Å². The molecule has 66 valence electrons. The molecule has 0 spiro atoms. The Bertz CT molecular complexity index is 136. The Morgan fingerprint density at radius 1 is 1.73 bits per heavy atom. The van der Waals surface area contributed by atoms with Crippen molar-refractivity contribution in [2.45, 2.75) is 10.9 Å². The molecular weight excluding hydrogens is 298 g/mol. The number of carbonyl (C=O) groups is 1. The van der Waals surface area contributed by atoms with Gasteiger partial charge in [-0.1, -0.05) is 31.9 Å². The van der Waals surface area contributed by atoms with E-state index in [2.05, 4.69) is 31.9 Å². The summed E-state index contributed by atoms with van der Waals surface area (Å²) in [4.78, 5) is 10.2. The fourth-order valence-electron chi connectivity index (χ4n) is 0.416. The third-order valence-corrected chi connectivity index (χ3v) is 4.07. The average Bonchev–Trinajstić information content (AvgIpc) is 1.98. The minimum Gasteiger partial charge on any atom is -0.480 e. The van der Waals surface area contributed by atoms with E-state index in [0.29, 0.717) is 5.75 Å². The highest BCUT2D eigenvalue weighted by molar-refractivity contribution is 9.11. The number of halogens is 2. The second-order valence-corrected chi connectivity index (χ2v) is 5.37. The minimum atomic E-state index is -0.970. The van der Waals surface area contributed by atoms with Crippen molar-refractivity contribution in [3.8, 4) is 0 Å². The standard InChI is InChI=1S/C5H9Br2NO2S/c6-2-11-1-3(7)4(8)5(9)10/h3-4H,1-2,8H2,(H,9,10). The molecule has 0 aliphatic heterocycles. The van der Waals surface area contributed by atoms with Gasteiger partial charge in [0.2, 0.25) is 0 Å². The fraction of sp³-hybridized carbons (Fsp3) is 0.800. The predicted octanol–water partition coefficient (Wildman–Crippen LogP) is 1.25. The van der Waals surface area contributed by atoms with Crippen LogP contribution in [0.2, 0.25) is 0 Å². The van der Waals surface area contributed by atoms with Gasteiger partial charge < -0.3 is 10.8 Å². The van der Waals surface area contributed by atoms with Crippen LogP contribution in [0.4, 0.5) is 0 Å². The molecule has 0 saturated heterocycles. The quantitative estimate of drug-likeness (QED) is 0.750. The third-order valence-electron chi connectivity index (χ3n) is 1.03. The van der Waals surface area contributed by atoms with Gasteiger partial charge in [-0.3, -0.25) is 4.79 Å². The summed E-state index contributed by atoms with van der Waals surface area (Å²) in [5.41, 5.74) is 5.33. The molecule has 11 heavy (non-hydrogen) atoms. The van der Waals surface area contributed by atoms with Crippen LogP contribution in [0.5, 0.6) is 0 Å². The molecule has 3 nitrogen and oxygen atoms in total. The van der Waals surface area contributed by atoms with Crippen LogP contribution in [-0.2, 0) is 4.79 Å². The van der Waals surface area contributed by atoms with Crippen molar-refractivity contribution < 1.29 is 9.90 Å². The zero-order chi connectivity index (χ0) is 8.85. The number of hydrogen-bond acceptors (Lipinski definition) is 3. The molecule has 0 aliphatic carbocycles. The number of hydrogen-bond donors (Lipinski definition) is 2. The van der Waals surface area contributed by atoms with E-state index in [1.54, 1.807) is 11.8 Å². The van der Waals surface area contributed by atoms with Crippen molar-refractivity contribution in [2.75, 3.05) is 10.4 Å². The average molecular weight is 307 g/mol. The summed E-state index contributed by atoms with van der Waals surface area (Å²) in [6, 6.07) is -0.818. The van der Waals surface area contributed by atoms with Crippen LogP contribution in [0, 0.1) is 0 Å². The molecule has 6 heteroatoms. The van der Waals surface area contributed by atoms with Gasteiger partial charge in [-0.05, 0) is 0 Å². The van der Waals surface area contributed by atoms with E-state index in [1.165, 1.54) is 0 Å². The molecule has 0 aromatic heterocycles. The Balaban J connectivity index is 3.63. The molecule has 0 amide bonds. The first-order valence-corrected chi connectivity index (χ1v) is 6.05. The molecule has 0 fully saturated rings. The van der Waals surface area contributed by atoms with E-state index in [9.17, 15) is 4.79 Å². The van der Waals surface area contributed by atoms with Crippen molar-refractivity contribution in [2.24, 2.45) is 5.73 Å². The van der Waals surface area contributed by atoms with Crippen molar-refractivity contribution in [1.82, 2.24) is 0 Å². The number of aliphatic carboxylic acids is 1. The second kappa shape index (κ2) is 6.28. The van der Waals surface area contributed by atoms with Gasteiger partial charge in [0.1, 0.15) is 6.04 Å². The molecule has 0 heterocycles.